The lowest BCUT2D eigenvalue weighted by molar-refractivity contribution is 0.697. The van der Waals surface area contributed by atoms with Crippen LogP contribution in [0.3, 0.4) is 0 Å². The summed E-state index contributed by atoms with van der Waals surface area (Å²) >= 11 is 4.46. The Kier molecular flexibility index (Phi) is 2.46. The standard InChI is InChI=1S/C6H8N4S/c1-5(8-4-11)6-7-3-10(2)9-6/h3,5H,1-2H3/t5-/m1/s1. The minimum absolute atomic E-state index is 0.0892. The Morgan fingerprint density at radius 3 is 3.00 bits per heavy atom. The Labute approximate surface area is 70.0 Å². The van der Waals surface area contributed by atoms with Crippen molar-refractivity contribution in [3.05, 3.63) is 12.2 Å². The van der Waals surface area contributed by atoms with Crippen molar-refractivity contribution in [1.29, 1.82) is 0 Å². The topological polar surface area (TPSA) is 43.1 Å². The summed E-state index contributed by atoms with van der Waals surface area (Å²) in [6.45, 7) is 1.87. The third kappa shape index (κ3) is 1.93. The molecule has 5 heteroatoms. The molecule has 0 amide bonds. The molecular formula is C6H8N4S. The molecule has 11 heavy (non-hydrogen) atoms. The second-order valence-corrected chi connectivity index (χ2v) is 2.36. The van der Waals surface area contributed by atoms with Crippen molar-refractivity contribution < 1.29 is 0 Å². The predicted molar refractivity (Wildman–Crippen MR) is 44.4 cm³/mol. The van der Waals surface area contributed by atoms with Gasteiger partial charge in [-0.25, -0.2) is 9.98 Å². The molecule has 1 heterocycles. The molecule has 0 saturated carbocycles. The SMILES string of the molecule is C[C@@H](N=C=S)c1ncn(C)n1. The Balaban J connectivity index is 2.84. The first-order valence-corrected chi connectivity index (χ1v) is 3.57. The Hall–Kier alpha value is -1.06. The fraction of sp³-hybridized carbons (Fsp3) is 0.500. The van der Waals surface area contributed by atoms with Crippen LogP contribution in [0.1, 0.15) is 18.8 Å². The molecule has 4 nitrogen and oxygen atoms in total. The zero-order valence-electron chi connectivity index (χ0n) is 6.35. The summed E-state index contributed by atoms with van der Waals surface area (Å²) in [5, 5.41) is 6.35. The minimum Gasteiger partial charge on any atom is -0.256 e. The molecule has 0 bridgehead atoms. The maximum atomic E-state index is 4.46. The van der Waals surface area contributed by atoms with Crippen LogP contribution in [0, 0.1) is 0 Å². The van der Waals surface area contributed by atoms with E-state index in [1.54, 1.807) is 11.0 Å². The van der Waals surface area contributed by atoms with Gasteiger partial charge in [0.2, 0.25) is 0 Å². The number of nitrogens with zero attached hydrogens (tertiary/aromatic N) is 4. The number of thiocarbonyl (C=S) groups is 1. The van der Waals surface area contributed by atoms with Gasteiger partial charge in [-0.2, -0.15) is 5.10 Å². The molecule has 0 aliphatic heterocycles. The van der Waals surface area contributed by atoms with Gasteiger partial charge in [0.05, 0.1) is 5.16 Å². The monoisotopic (exact) mass is 168 g/mol. The molecular weight excluding hydrogens is 160 g/mol. The first-order valence-electron chi connectivity index (χ1n) is 3.16. The highest BCUT2D eigenvalue weighted by molar-refractivity contribution is 7.78. The zero-order chi connectivity index (χ0) is 8.27. The van der Waals surface area contributed by atoms with Crippen LogP contribution >= 0.6 is 12.2 Å². The van der Waals surface area contributed by atoms with E-state index in [4.69, 9.17) is 0 Å². The summed E-state index contributed by atoms with van der Waals surface area (Å²) in [5.41, 5.74) is 0. The van der Waals surface area contributed by atoms with E-state index < -0.39 is 0 Å². The summed E-state index contributed by atoms with van der Waals surface area (Å²) in [6.07, 6.45) is 1.63. The Bertz CT molecular complexity index is 287. The molecule has 0 radical (unpaired) electrons. The highest BCUT2D eigenvalue weighted by Crippen LogP contribution is 2.08. The highest BCUT2D eigenvalue weighted by Gasteiger charge is 2.06. The van der Waals surface area contributed by atoms with Crippen molar-refractivity contribution in [2.24, 2.45) is 12.0 Å². The number of aliphatic imine (C=N–C) groups is 1. The summed E-state index contributed by atoms with van der Waals surface area (Å²) in [5.74, 6) is 0.671. The molecule has 0 aromatic carbocycles. The molecule has 0 N–H and O–H groups in total. The molecule has 1 rings (SSSR count). The first-order chi connectivity index (χ1) is 5.24. The lowest BCUT2D eigenvalue weighted by Gasteiger charge is -1.94. The van der Waals surface area contributed by atoms with E-state index in [-0.39, 0.29) is 6.04 Å². The molecule has 1 aromatic rings. The van der Waals surface area contributed by atoms with Crippen LogP contribution < -0.4 is 0 Å². The average Bonchev–Trinajstić information content (AvgIpc) is 2.36. The van der Waals surface area contributed by atoms with Crippen molar-refractivity contribution in [3.63, 3.8) is 0 Å². The van der Waals surface area contributed by atoms with Gasteiger partial charge in [-0.3, -0.25) is 4.68 Å². The molecule has 58 valence electrons. The van der Waals surface area contributed by atoms with E-state index in [0.29, 0.717) is 5.82 Å². The van der Waals surface area contributed by atoms with Crippen LogP contribution in [0.2, 0.25) is 0 Å². The van der Waals surface area contributed by atoms with E-state index in [0.717, 1.165) is 0 Å². The van der Waals surface area contributed by atoms with Gasteiger partial charge in [0.1, 0.15) is 12.4 Å². The first kappa shape index (κ1) is 8.04. The third-order valence-electron chi connectivity index (χ3n) is 1.24. The molecule has 0 saturated heterocycles. The number of rotatable bonds is 2. The van der Waals surface area contributed by atoms with Crippen molar-refractivity contribution >= 4 is 17.4 Å². The highest BCUT2D eigenvalue weighted by atomic mass is 32.1. The van der Waals surface area contributed by atoms with Crippen LogP contribution in [-0.4, -0.2) is 19.9 Å². The molecule has 0 spiro atoms. The fourth-order valence-corrected chi connectivity index (χ4v) is 0.842. The van der Waals surface area contributed by atoms with Gasteiger partial charge in [0, 0.05) is 7.05 Å². The minimum atomic E-state index is -0.0892. The Morgan fingerprint density at radius 1 is 1.82 bits per heavy atom. The number of aromatic nitrogens is 3. The van der Waals surface area contributed by atoms with E-state index >= 15 is 0 Å². The largest absolute Gasteiger partial charge is 0.256 e. The van der Waals surface area contributed by atoms with Gasteiger partial charge in [-0.05, 0) is 19.1 Å². The van der Waals surface area contributed by atoms with Crippen LogP contribution in [0.5, 0.6) is 0 Å². The van der Waals surface area contributed by atoms with Gasteiger partial charge >= 0.3 is 0 Å². The zero-order valence-corrected chi connectivity index (χ0v) is 7.17. The smallest absolute Gasteiger partial charge is 0.175 e. The van der Waals surface area contributed by atoms with Gasteiger partial charge in [-0.1, -0.05) is 0 Å². The van der Waals surface area contributed by atoms with Gasteiger partial charge in [-0.15, -0.1) is 0 Å². The average molecular weight is 168 g/mol. The van der Waals surface area contributed by atoms with Crippen molar-refractivity contribution in [2.75, 3.05) is 0 Å². The Morgan fingerprint density at radius 2 is 2.55 bits per heavy atom. The summed E-state index contributed by atoms with van der Waals surface area (Å²) in [4.78, 5) is 7.84. The molecule has 0 aliphatic rings. The quantitative estimate of drug-likeness (QED) is 0.488. The molecule has 0 unspecified atom stereocenters. The normalized spacial score (nSPS) is 12.2. The number of isothiocyanates is 1. The van der Waals surface area contributed by atoms with Gasteiger partial charge < -0.3 is 0 Å². The molecule has 0 fully saturated rings. The van der Waals surface area contributed by atoms with Crippen molar-refractivity contribution in [2.45, 2.75) is 13.0 Å². The third-order valence-corrected chi connectivity index (χ3v) is 1.34. The summed E-state index contributed by atoms with van der Waals surface area (Å²) < 4.78 is 1.63. The number of hydrogen-bond acceptors (Lipinski definition) is 4. The van der Waals surface area contributed by atoms with Crippen molar-refractivity contribution in [1.82, 2.24) is 14.8 Å². The summed E-state index contributed by atoms with van der Waals surface area (Å²) in [6, 6.07) is -0.0892. The van der Waals surface area contributed by atoms with E-state index in [9.17, 15) is 0 Å². The van der Waals surface area contributed by atoms with Crippen LogP contribution in [0.15, 0.2) is 11.3 Å². The number of hydrogen-bond donors (Lipinski definition) is 0. The lowest BCUT2D eigenvalue weighted by atomic mass is 10.3. The van der Waals surface area contributed by atoms with Crippen LogP contribution in [0.25, 0.3) is 0 Å². The summed E-state index contributed by atoms with van der Waals surface area (Å²) in [7, 11) is 1.81. The molecule has 1 atom stereocenters. The number of aryl methyl sites for hydroxylation is 1. The second-order valence-electron chi connectivity index (χ2n) is 2.17. The molecule has 1 aromatic heterocycles. The van der Waals surface area contributed by atoms with Crippen LogP contribution in [-0.2, 0) is 7.05 Å². The van der Waals surface area contributed by atoms with E-state index in [2.05, 4.69) is 32.5 Å². The van der Waals surface area contributed by atoms with E-state index in [1.807, 2.05) is 14.0 Å². The van der Waals surface area contributed by atoms with Crippen molar-refractivity contribution in [3.8, 4) is 0 Å². The predicted octanol–water partition coefficient (Wildman–Crippen LogP) is 0.979. The second kappa shape index (κ2) is 3.37. The van der Waals surface area contributed by atoms with Crippen LogP contribution in [0.4, 0.5) is 0 Å². The lowest BCUT2D eigenvalue weighted by Crippen LogP contribution is -1.94. The maximum Gasteiger partial charge on any atom is 0.175 e. The fourth-order valence-electron chi connectivity index (χ4n) is 0.684. The maximum absolute atomic E-state index is 4.46. The molecule has 0 aliphatic carbocycles. The van der Waals surface area contributed by atoms with Gasteiger partial charge in [0.15, 0.2) is 5.82 Å². The van der Waals surface area contributed by atoms with E-state index in [1.165, 1.54) is 0 Å². The van der Waals surface area contributed by atoms with Gasteiger partial charge in [0.25, 0.3) is 0 Å².